The highest BCUT2D eigenvalue weighted by Gasteiger charge is 2.28. The van der Waals surface area contributed by atoms with Crippen molar-refractivity contribution in [2.45, 2.75) is 43.5 Å². The van der Waals surface area contributed by atoms with Gasteiger partial charge < -0.3 is 5.32 Å². The van der Waals surface area contributed by atoms with E-state index in [4.69, 9.17) is 12.2 Å². The van der Waals surface area contributed by atoms with Crippen molar-refractivity contribution in [2.24, 2.45) is 11.8 Å². The molecule has 1 fully saturated rings. The fraction of sp³-hybridized carbons (Fsp3) is 0.500. The van der Waals surface area contributed by atoms with Crippen LogP contribution >= 0.6 is 35.3 Å². The van der Waals surface area contributed by atoms with Gasteiger partial charge in [-0.15, -0.1) is 5.10 Å². The number of aromatic nitrogens is 2. The minimum absolute atomic E-state index is 0.0374. The lowest BCUT2D eigenvalue weighted by Crippen LogP contribution is -2.44. The molecule has 2 aromatic rings. The highest BCUT2D eigenvalue weighted by molar-refractivity contribution is 8.01. The van der Waals surface area contributed by atoms with E-state index < -0.39 is 0 Å². The number of hydrogen-bond donors (Lipinski definition) is 1. The van der Waals surface area contributed by atoms with Gasteiger partial charge in [-0.25, -0.2) is 9.07 Å². The molecule has 8 heteroatoms. The Labute approximate surface area is 166 Å². The fourth-order valence-electron chi connectivity index (χ4n) is 3.23. The monoisotopic (exact) mass is 411 g/mol. The minimum atomic E-state index is -0.298. The van der Waals surface area contributed by atoms with Crippen LogP contribution in [0.15, 0.2) is 28.6 Å². The zero-order valence-electron chi connectivity index (χ0n) is 14.8. The van der Waals surface area contributed by atoms with E-state index in [1.54, 1.807) is 16.8 Å². The molecule has 3 rings (SSSR count). The second-order valence-electron chi connectivity index (χ2n) is 6.75. The summed E-state index contributed by atoms with van der Waals surface area (Å²) in [5.74, 6) is 1.22. The van der Waals surface area contributed by atoms with E-state index in [0.717, 1.165) is 10.8 Å². The van der Waals surface area contributed by atoms with E-state index in [2.05, 4.69) is 24.3 Å². The SMILES string of the molecule is C[C@@H]1[C@H](C)CCC[C@H]1NC(=O)CSc1nn(-c2ccc(F)cc2)c(=S)s1. The maximum absolute atomic E-state index is 13.1. The number of rotatable bonds is 5. The van der Waals surface area contributed by atoms with Gasteiger partial charge in [-0.3, -0.25) is 4.79 Å². The number of carbonyl (C=O) groups excluding carboxylic acids is 1. The van der Waals surface area contributed by atoms with E-state index in [1.165, 1.54) is 48.1 Å². The van der Waals surface area contributed by atoms with Crippen LogP contribution in [0.4, 0.5) is 4.39 Å². The zero-order valence-corrected chi connectivity index (χ0v) is 17.2. The van der Waals surface area contributed by atoms with Gasteiger partial charge >= 0.3 is 0 Å². The van der Waals surface area contributed by atoms with Crippen molar-refractivity contribution in [2.75, 3.05) is 5.75 Å². The Morgan fingerprint density at radius 3 is 2.85 bits per heavy atom. The van der Waals surface area contributed by atoms with E-state index in [1.807, 2.05) is 0 Å². The first-order chi connectivity index (χ1) is 12.4. The first kappa shape index (κ1) is 19.5. The molecule has 0 bridgehead atoms. The molecule has 4 nitrogen and oxygen atoms in total. The van der Waals surface area contributed by atoms with Crippen LogP contribution in [-0.2, 0) is 4.79 Å². The van der Waals surface area contributed by atoms with Crippen LogP contribution in [0.5, 0.6) is 0 Å². The molecule has 0 aliphatic heterocycles. The van der Waals surface area contributed by atoms with Gasteiger partial charge in [-0.05, 0) is 54.7 Å². The summed E-state index contributed by atoms with van der Waals surface area (Å²) in [5, 5.41) is 7.62. The van der Waals surface area contributed by atoms with Crippen molar-refractivity contribution >= 4 is 41.2 Å². The summed E-state index contributed by atoms with van der Waals surface area (Å²) in [6, 6.07) is 6.29. The molecule has 3 atom stereocenters. The number of amides is 1. The molecule has 1 aliphatic rings. The number of nitrogens with one attached hydrogen (secondary N) is 1. The van der Waals surface area contributed by atoms with Gasteiger partial charge in [-0.1, -0.05) is 49.8 Å². The largest absolute Gasteiger partial charge is 0.352 e. The second-order valence-corrected chi connectivity index (χ2v) is 9.60. The van der Waals surface area contributed by atoms with E-state index in [9.17, 15) is 9.18 Å². The Balaban J connectivity index is 1.58. The van der Waals surface area contributed by atoms with Gasteiger partial charge in [0.2, 0.25) is 5.91 Å². The third-order valence-corrected chi connectivity index (χ3v) is 7.35. The van der Waals surface area contributed by atoms with Crippen LogP contribution in [0.3, 0.4) is 0 Å². The molecule has 0 radical (unpaired) electrons. The number of benzene rings is 1. The molecule has 1 amide bonds. The van der Waals surface area contributed by atoms with Crippen molar-refractivity contribution in [3.05, 3.63) is 34.0 Å². The summed E-state index contributed by atoms with van der Waals surface area (Å²) in [6.45, 7) is 4.48. The topological polar surface area (TPSA) is 46.9 Å². The van der Waals surface area contributed by atoms with Crippen LogP contribution in [0.2, 0.25) is 0 Å². The van der Waals surface area contributed by atoms with Crippen LogP contribution < -0.4 is 5.32 Å². The van der Waals surface area contributed by atoms with E-state index in [0.29, 0.717) is 27.2 Å². The Morgan fingerprint density at radius 2 is 2.12 bits per heavy atom. The second kappa shape index (κ2) is 8.63. The Kier molecular flexibility index (Phi) is 6.47. The lowest BCUT2D eigenvalue weighted by Gasteiger charge is -2.34. The number of nitrogens with zero attached hydrogens (tertiary/aromatic N) is 2. The average Bonchev–Trinajstić information content (AvgIpc) is 2.99. The Bertz CT molecular complexity index is 818. The predicted octanol–water partition coefficient (Wildman–Crippen LogP) is 4.84. The standard InChI is InChI=1S/C18H22FN3OS3/c1-11-4-3-5-15(12(11)2)20-16(23)10-25-17-21-22(18(24)26-17)14-8-6-13(19)7-9-14/h6-9,11-12,15H,3-5,10H2,1-2H3,(H,20,23)/t11-,12-,15-/m1/s1. The predicted molar refractivity (Wildman–Crippen MR) is 107 cm³/mol. The molecule has 0 saturated heterocycles. The lowest BCUT2D eigenvalue weighted by atomic mass is 9.78. The van der Waals surface area contributed by atoms with Crippen LogP contribution in [0.25, 0.3) is 5.69 Å². The number of carbonyl (C=O) groups is 1. The molecule has 1 aliphatic carbocycles. The number of thioether (sulfide) groups is 1. The quantitative estimate of drug-likeness (QED) is 0.565. The van der Waals surface area contributed by atoms with Gasteiger partial charge in [0.15, 0.2) is 8.29 Å². The third-order valence-electron chi connectivity index (χ3n) is 4.98. The molecular weight excluding hydrogens is 389 g/mol. The summed E-state index contributed by atoms with van der Waals surface area (Å²) in [5.41, 5.74) is 0.717. The zero-order chi connectivity index (χ0) is 18.7. The summed E-state index contributed by atoms with van der Waals surface area (Å²) in [6.07, 6.45) is 3.47. The third kappa shape index (κ3) is 4.72. The average molecular weight is 412 g/mol. The number of halogens is 1. The summed E-state index contributed by atoms with van der Waals surface area (Å²) < 4.78 is 16.0. The van der Waals surface area contributed by atoms with Crippen molar-refractivity contribution in [3.8, 4) is 5.69 Å². The fourth-order valence-corrected chi connectivity index (χ4v) is 5.40. The van der Waals surface area contributed by atoms with Crippen LogP contribution in [0.1, 0.15) is 33.1 Å². The van der Waals surface area contributed by atoms with Crippen molar-refractivity contribution in [3.63, 3.8) is 0 Å². The van der Waals surface area contributed by atoms with Gasteiger partial charge in [0.25, 0.3) is 0 Å². The maximum Gasteiger partial charge on any atom is 0.230 e. The summed E-state index contributed by atoms with van der Waals surface area (Å²) >= 11 is 8.08. The van der Waals surface area contributed by atoms with Gasteiger partial charge in [-0.2, -0.15) is 0 Å². The van der Waals surface area contributed by atoms with Crippen LogP contribution in [0, 0.1) is 21.6 Å². The molecule has 140 valence electrons. The molecule has 1 aromatic heterocycles. The number of hydrogen-bond acceptors (Lipinski definition) is 5. The molecule has 1 N–H and O–H groups in total. The molecule has 1 saturated carbocycles. The summed E-state index contributed by atoms with van der Waals surface area (Å²) in [7, 11) is 0. The minimum Gasteiger partial charge on any atom is -0.352 e. The molecule has 26 heavy (non-hydrogen) atoms. The maximum atomic E-state index is 13.1. The van der Waals surface area contributed by atoms with Gasteiger partial charge in [0.05, 0.1) is 11.4 Å². The van der Waals surface area contributed by atoms with Crippen molar-refractivity contribution in [1.82, 2.24) is 15.1 Å². The molecule has 0 spiro atoms. The van der Waals surface area contributed by atoms with E-state index in [-0.39, 0.29) is 17.8 Å². The van der Waals surface area contributed by atoms with Crippen molar-refractivity contribution in [1.29, 1.82) is 0 Å². The van der Waals surface area contributed by atoms with Crippen molar-refractivity contribution < 1.29 is 9.18 Å². The highest BCUT2D eigenvalue weighted by Crippen LogP contribution is 2.30. The Hall–Kier alpha value is -1.25. The first-order valence-corrected chi connectivity index (χ1v) is 10.9. The van der Waals surface area contributed by atoms with E-state index >= 15 is 0 Å². The normalized spacial score (nSPS) is 23.0. The molecule has 1 aromatic carbocycles. The molecular formula is C18H22FN3OS3. The molecule has 1 heterocycles. The van der Waals surface area contributed by atoms with Gasteiger partial charge in [0, 0.05) is 6.04 Å². The van der Waals surface area contributed by atoms with Gasteiger partial charge in [0.1, 0.15) is 5.82 Å². The highest BCUT2D eigenvalue weighted by atomic mass is 32.2. The van der Waals surface area contributed by atoms with Crippen LogP contribution in [-0.4, -0.2) is 27.5 Å². The summed E-state index contributed by atoms with van der Waals surface area (Å²) in [4.78, 5) is 12.3. The molecule has 0 unspecified atom stereocenters. The Morgan fingerprint density at radius 1 is 1.38 bits per heavy atom. The smallest absolute Gasteiger partial charge is 0.230 e. The first-order valence-electron chi connectivity index (χ1n) is 8.72. The lowest BCUT2D eigenvalue weighted by molar-refractivity contribution is -0.119.